The van der Waals surface area contributed by atoms with Crippen molar-refractivity contribution in [3.8, 4) is 11.9 Å². The lowest BCUT2D eigenvalue weighted by molar-refractivity contribution is 0.0937. The topological polar surface area (TPSA) is 96.5 Å². The van der Waals surface area contributed by atoms with Gasteiger partial charge in [0, 0.05) is 20.7 Å². The fourth-order valence-corrected chi connectivity index (χ4v) is 3.81. The third kappa shape index (κ3) is 4.53. The Morgan fingerprint density at radius 2 is 2.00 bits per heavy atom. The molecule has 0 spiro atoms. The molecule has 1 N–H and O–H groups in total. The zero-order chi connectivity index (χ0) is 19.6. The highest BCUT2D eigenvalue weighted by Crippen LogP contribution is 2.22. The van der Waals surface area contributed by atoms with Gasteiger partial charge >= 0.3 is 0 Å². The van der Waals surface area contributed by atoms with Gasteiger partial charge in [-0.15, -0.1) is 5.10 Å². The Kier molecular flexibility index (Phi) is 5.89. The van der Waals surface area contributed by atoms with Gasteiger partial charge in [0.25, 0.3) is 5.91 Å². The minimum Gasteiger partial charge on any atom is -0.342 e. The quantitative estimate of drug-likeness (QED) is 0.568. The summed E-state index contributed by atoms with van der Waals surface area (Å²) in [5.41, 5.74) is 0.907. The second-order valence-corrected chi connectivity index (χ2v) is 7.69. The maximum absolute atomic E-state index is 12.6. The summed E-state index contributed by atoms with van der Waals surface area (Å²) in [4.78, 5) is 21.0. The highest BCUT2D eigenvalue weighted by molar-refractivity contribution is 9.11. The third-order valence-corrected chi connectivity index (χ3v) is 4.64. The summed E-state index contributed by atoms with van der Waals surface area (Å²) in [6.07, 6.45) is 1.43. The summed E-state index contributed by atoms with van der Waals surface area (Å²) in [6.45, 7) is 1.77. The Bertz CT molecular complexity index is 1020. The number of aromatic nitrogens is 4. The number of nitrogens with one attached hydrogen (secondary N) is 1. The van der Waals surface area contributed by atoms with Crippen molar-refractivity contribution in [1.29, 1.82) is 5.26 Å². The predicted molar refractivity (Wildman–Crippen MR) is 107 cm³/mol. The maximum Gasteiger partial charge on any atom is 0.251 e. The molecule has 1 atom stereocenters. The van der Waals surface area contributed by atoms with Crippen LogP contribution in [0.25, 0.3) is 5.82 Å². The van der Waals surface area contributed by atoms with Crippen molar-refractivity contribution < 1.29 is 4.79 Å². The van der Waals surface area contributed by atoms with Crippen LogP contribution in [-0.2, 0) is 0 Å². The summed E-state index contributed by atoms with van der Waals surface area (Å²) >= 11 is 12.7. The van der Waals surface area contributed by atoms with E-state index in [2.05, 4.69) is 52.2 Å². The van der Waals surface area contributed by atoms with Crippen molar-refractivity contribution in [1.82, 2.24) is 25.1 Å². The number of rotatable bonds is 4. The zero-order valence-corrected chi connectivity index (χ0v) is 17.7. The number of halogens is 3. The van der Waals surface area contributed by atoms with Gasteiger partial charge in [-0.3, -0.25) is 4.79 Å². The number of hydrogen-bond acceptors (Lipinski definition) is 5. The Morgan fingerprint density at radius 3 is 2.59 bits per heavy atom. The molecule has 10 heteroatoms. The molecule has 3 rings (SSSR count). The number of amides is 1. The third-order valence-electron chi connectivity index (χ3n) is 3.56. The Hall–Kier alpha value is -2.28. The molecule has 0 radical (unpaired) electrons. The molecule has 1 amide bonds. The molecule has 2 aromatic heterocycles. The average molecular weight is 511 g/mol. The van der Waals surface area contributed by atoms with Crippen LogP contribution in [0.1, 0.15) is 34.7 Å². The fourth-order valence-electron chi connectivity index (χ4n) is 2.35. The molecule has 0 bridgehead atoms. The highest BCUT2D eigenvalue weighted by Gasteiger charge is 2.20. The van der Waals surface area contributed by atoms with Crippen molar-refractivity contribution in [2.75, 3.05) is 0 Å². The van der Waals surface area contributed by atoms with Crippen LogP contribution in [0.5, 0.6) is 0 Å². The number of benzene rings is 1. The molecule has 1 aromatic carbocycles. The van der Waals surface area contributed by atoms with Gasteiger partial charge < -0.3 is 5.32 Å². The number of nitriles is 1. The first-order valence-corrected chi connectivity index (χ1v) is 9.59. The Morgan fingerprint density at radius 1 is 1.30 bits per heavy atom. The van der Waals surface area contributed by atoms with E-state index in [1.54, 1.807) is 31.2 Å². The molecule has 0 aliphatic rings. The predicted octanol–water partition coefficient (Wildman–Crippen LogP) is 4.20. The molecule has 7 nitrogen and oxygen atoms in total. The van der Waals surface area contributed by atoms with Gasteiger partial charge in [-0.1, -0.05) is 31.9 Å². The number of nitrogens with zero attached hydrogens (tertiary/aromatic N) is 5. The number of carbonyl (C=O) groups is 1. The molecular formula is C17H11Br2ClN6O. The summed E-state index contributed by atoms with van der Waals surface area (Å²) in [5, 5.41) is 15.9. The fraction of sp³-hybridized carbons (Fsp3) is 0.118. The minimum absolute atomic E-state index is 0.0301. The molecule has 27 heavy (non-hydrogen) atoms. The Labute approximate surface area is 176 Å². The van der Waals surface area contributed by atoms with Gasteiger partial charge in [0.15, 0.2) is 11.6 Å². The number of carbonyl (C=O) groups excluding carboxylic acids is 1. The van der Waals surface area contributed by atoms with E-state index in [9.17, 15) is 4.79 Å². The molecule has 3 aromatic rings. The van der Waals surface area contributed by atoms with Crippen LogP contribution in [0.4, 0.5) is 0 Å². The summed E-state index contributed by atoms with van der Waals surface area (Å²) in [5.74, 6) is 0.581. The van der Waals surface area contributed by atoms with Crippen molar-refractivity contribution in [2.24, 2.45) is 0 Å². The molecule has 0 aliphatic heterocycles. The van der Waals surface area contributed by atoms with Crippen LogP contribution < -0.4 is 5.32 Å². The SMILES string of the molecule is CC(NC(=O)c1cc(Br)cc(Br)c1)c1nc(Cl)nn1-c1ccc(C#N)cn1. The van der Waals surface area contributed by atoms with Crippen LogP contribution in [-0.4, -0.2) is 25.7 Å². The Balaban J connectivity index is 1.87. The van der Waals surface area contributed by atoms with Gasteiger partial charge in [0.2, 0.25) is 5.28 Å². The molecule has 0 saturated heterocycles. The molecule has 136 valence electrons. The van der Waals surface area contributed by atoms with Gasteiger partial charge in [-0.05, 0) is 48.9 Å². The van der Waals surface area contributed by atoms with Crippen molar-refractivity contribution in [2.45, 2.75) is 13.0 Å². The molecule has 0 saturated carbocycles. The first kappa shape index (κ1) is 19.5. The maximum atomic E-state index is 12.6. The van der Waals surface area contributed by atoms with Crippen LogP contribution in [0.15, 0.2) is 45.5 Å². The lowest BCUT2D eigenvalue weighted by Crippen LogP contribution is -2.28. The lowest BCUT2D eigenvalue weighted by atomic mass is 10.2. The van der Waals surface area contributed by atoms with E-state index in [4.69, 9.17) is 16.9 Å². The van der Waals surface area contributed by atoms with Gasteiger partial charge in [0.1, 0.15) is 6.07 Å². The second-order valence-electron chi connectivity index (χ2n) is 5.52. The molecule has 2 heterocycles. The van der Waals surface area contributed by atoms with E-state index in [0.717, 1.165) is 8.95 Å². The van der Waals surface area contributed by atoms with E-state index in [1.807, 2.05) is 12.1 Å². The zero-order valence-electron chi connectivity index (χ0n) is 13.8. The van der Waals surface area contributed by atoms with E-state index in [-0.39, 0.29) is 11.2 Å². The molecule has 0 aliphatic carbocycles. The van der Waals surface area contributed by atoms with E-state index in [0.29, 0.717) is 22.8 Å². The van der Waals surface area contributed by atoms with E-state index >= 15 is 0 Å². The van der Waals surface area contributed by atoms with Crippen molar-refractivity contribution in [3.63, 3.8) is 0 Å². The monoisotopic (exact) mass is 508 g/mol. The lowest BCUT2D eigenvalue weighted by Gasteiger charge is -2.14. The summed E-state index contributed by atoms with van der Waals surface area (Å²) in [6, 6.07) is 10.0. The molecular weight excluding hydrogens is 499 g/mol. The number of hydrogen-bond donors (Lipinski definition) is 1. The van der Waals surface area contributed by atoms with Crippen LogP contribution in [0, 0.1) is 11.3 Å². The van der Waals surface area contributed by atoms with Crippen molar-refractivity contribution >= 4 is 49.4 Å². The van der Waals surface area contributed by atoms with Crippen LogP contribution in [0.2, 0.25) is 5.28 Å². The van der Waals surface area contributed by atoms with Crippen molar-refractivity contribution in [3.05, 3.63) is 67.7 Å². The summed E-state index contributed by atoms with van der Waals surface area (Å²) in [7, 11) is 0. The highest BCUT2D eigenvalue weighted by atomic mass is 79.9. The summed E-state index contributed by atoms with van der Waals surface area (Å²) < 4.78 is 3.00. The van der Waals surface area contributed by atoms with Gasteiger partial charge in [-0.25, -0.2) is 4.98 Å². The van der Waals surface area contributed by atoms with E-state index in [1.165, 1.54) is 10.9 Å². The average Bonchev–Trinajstić information content (AvgIpc) is 3.03. The first-order chi connectivity index (χ1) is 12.9. The smallest absolute Gasteiger partial charge is 0.251 e. The molecule has 0 fully saturated rings. The van der Waals surface area contributed by atoms with Gasteiger partial charge in [0.05, 0.1) is 11.6 Å². The second kappa shape index (κ2) is 8.17. The van der Waals surface area contributed by atoms with Crippen LogP contribution >= 0.6 is 43.5 Å². The van der Waals surface area contributed by atoms with Crippen LogP contribution in [0.3, 0.4) is 0 Å². The van der Waals surface area contributed by atoms with Gasteiger partial charge in [-0.2, -0.15) is 14.9 Å². The molecule has 1 unspecified atom stereocenters. The number of pyridine rings is 1. The normalized spacial score (nSPS) is 11.7. The minimum atomic E-state index is -0.493. The first-order valence-electron chi connectivity index (χ1n) is 7.63. The largest absolute Gasteiger partial charge is 0.342 e. The standard InChI is InChI=1S/C17H11Br2ClN6O/c1-9(23-16(27)11-4-12(18)6-13(19)5-11)15-24-17(20)25-26(15)14-3-2-10(7-21)8-22-14/h2-6,8-9H,1H3,(H,23,27). The van der Waals surface area contributed by atoms with E-state index < -0.39 is 6.04 Å².